The minimum atomic E-state index is 0.0823. The molecule has 1 saturated heterocycles. The van der Waals surface area contributed by atoms with E-state index in [-0.39, 0.29) is 5.91 Å². The van der Waals surface area contributed by atoms with Crippen molar-refractivity contribution >= 4 is 11.7 Å². The van der Waals surface area contributed by atoms with E-state index < -0.39 is 0 Å². The van der Waals surface area contributed by atoms with Crippen molar-refractivity contribution in [3.63, 3.8) is 0 Å². The van der Waals surface area contributed by atoms with E-state index in [1.807, 2.05) is 24.8 Å². The maximum atomic E-state index is 12.9. The first-order chi connectivity index (χ1) is 13.1. The number of amides is 1. The van der Waals surface area contributed by atoms with Crippen LogP contribution in [0.25, 0.3) is 0 Å². The predicted molar refractivity (Wildman–Crippen MR) is 101 cm³/mol. The topological polar surface area (TPSA) is 87.2 Å². The Balaban J connectivity index is 1.46. The minimum Gasteiger partial charge on any atom is -0.481 e. The van der Waals surface area contributed by atoms with E-state index in [0.29, 0.717) is 23.5 Å². The third-order valence-corrected chi connectivity index (χ3v) is 5.53. The van der Waals surface area contributed by atoms with E-state index in [2.05, 4.69) is 25.1 Å². The number of likely N-dealkylation sites (tertiary alicyclic amines) is 1. The summed E-state index contributed by atoms with van der Waals surface area (Å²) in [5, 5.41) is 7.06. The van der Waals surface area contributed by atoms with Gasteiger partial charge in [-0.3, -0.25) is 9.89 Å². The predicted octanol–water partition coefficient (Wildman–Crippen LogP) is 2.10. The van der Waals surface area contributed by atoms with Crippen molar-refractivity contribution in [1.29, 1.82) is 0 Å². The van der Waals surface area contributed by atoms with Crippen LogP contribution in [0.1, 0.15) is 47.4 Å². The summed E-state index contributed by atoms with van der Waals surface area (Å²) in [6, 6.07) is 2.83. The molecular formula is C19H26N6O2. The molecule has 2 aromatic rings. The van der Waals surface area contributed by atoms with Crippen molar-refractivity contribution in [2.45, 2.75) is 51.6 Å². The van der Waals surface area contributed by atoms with Crippen molar-refractivity contribution in [3.05, 3.63) is 29.3 Å². The number of rotatable bonds is 5. The number of methoxy groups -OCH3 is 1. The number of nitrogens with zero attached hydrogens (tertiary/aromatic N) is 5. The Bertz CT molecular complexity index is 804. The molecule has 0 radical (unpaired) electrons. The zero-order valence-electron chi connectivity index (χ0n) is 16.1. The van der Waals surface area contributed by atoms with Crippen LogP contribution in [0.15, 0.2) is 12.4 Å². The molecular weight excluding hydrogens is 344 g/mol. The average molecular weight is 370 g/mol. The van der Waals surface area contributed by atoms with Gasteiger partial charge in [-0.15, -0.1) is 0 Å². The van der Waals surface area contributed by atoms with Gasteiger partial charge in [-0.05, 0) is 39.5 Å². The molecule has 0 unspecified atom stereocenters. The van der Waals surface area contributed by atoms with E-state index >= 15 is 0 Å². The zero-order valence-corrected chi connectivity index (χ0v) is 16.1. The fourth-order valence-electron chi connectivity index (χ4n) is 3.98. The van der Waals surface area contributed by atoms with Crippen molar-refractivity contribution in [3.8, 4) is 5.88 Å². The molecule has 8 nitrogen and oxygen atoms in total. The minimum absolute atomic E-state index is 0.0823. The largest absolute Gasteiger partial charge is 0.481 e. The number of aromatic amines is 1. The Hall–Kier alpha value is -2.64. The van der Waals surface area contributed by atoms with Crippen LogP contribution in [0.3, 0.4) is 0 Å². The maximum absolute atomic E-state index is 12.9. The van der Waals surface area contributed by atoms with Gasteiger partial charge >= 0.3 is 0 Å². The average Bonchev–Trinajstić information content (AvgIpc) is 3.46. The maximum Gasteiger partial charge on any atom is 0.257 e. The van der Waals surface area contributed by atoms with E-state index in [1.54, 1.807) is 13.4 Å². The highest BCUT2D eigenvalue weighted by molar-refractivity contribution is 5.96. The Kier molecular flexibility index (Phi) is 4.72. The summed E-state index contributed by atoms with van der Waals surface area (Å²) in [5.41, 5.74) is 2.33. The molecule has 0 aromatic carbocycles. The molecule has 1 amide bonds. The van der Waals surface area contributed by atoms with Crippen LogP contribution in [0, 0.1) is 13.8 Å². The summed E-state index contributed by atoms with van der Waals surface area (Å²) in [6.45, 7) is 5.27. The standard InChI is InChI=1S/C19H26N6O2/c1-12-18(13(2)23-22-12)19(26)24-8-6-15(7-9-24)25(14-4-5-14)16-10-17(27-3)21-11-20-16/h10-11,14-15H,4-9H2,1-3H3,(H,22,23). The van der Waals surface area contributed by atoms with Gasteiger partial charge in [0, 0.05) is 36.9 Å². The molecule has 1 saturated carbocycles. The summed E-state index contributed by atoms with van der Waals surface area (Å²) in [6.07, 6.45) is 5.82. The monoisotopic (exact) mass is 370 g/mol. The number of carbonyl (C=O) groups excluding carboxylic acids is 1. The number of H-pyrrole nitrogens is 1. The van der Waals surface area contributed by atoms with E-state index in [1.165, 1.54) is 12.8 Å². The molecule has 2 fully saturated rings. The quantitative estimate of drug-likeness (QED) is 0.867. The number of nitrogens with one attached hydrogen (secondary N) is 1. The summed E-state index contributed by atoms with van der Waals surface area (Å²) < 4.78 is 5.27. The van der Waals surface area contributed by atoms with E-state index in [9.17, 15) is 4.79 Å². The van der Waals surface area contributed by atoms with Crippen molar-refractivity contribution < 1.29 is 9.53 Å². The Morgan fingerprint density at radius 2 is 1.89 bits per heavy atom. The number of aryl methyl sites for hydroxylation is 2. The van der Waals surface area contributed by atoms with Gasteiger partial charge in [0.05, 0.1) is 18.4 Å². The lowest BCUT2D eigenvalue weighted by molar-refractivity contribution is 0.0710. The van der Waals surface area contributed by atoms with Gasteiger partial charge < -0.3 is 14.5 Å². The highest BCUT2D eigenvalue weighted by atomic mass is 16.5. The molecule has 144 valence electrons. The number of aromatic nitrogens is 4. The number of carbonyl (C=O) groups is 1. The summed E-state index contributed by atoms with van der Waals surface area (Å²) in [5.74, 6) is 1.60. The number of anilines is 1. The fourth-order valence-corrected chi connectivity index (χ4v) is 3.98. The summed E-state index contributed by atoms with van der Waals surface area (Å²) in [4.78, 5) is 25.9. The summed E-state index contributed by atoms with van der Waals surface area (Å²) >= 11 is 0. The van der Waals surface area contributed by atoms with Crippen LogP contribution in [-0.2, 0) is 0 Å². The van der Waals surface area contributed by atoms with Crippen LogP contribution in [0.5, 0.6) is 5.88 Å². The zero-order chi connectivity index (χ0) is 19.0. The SMILES string of the molecule is COc1cc(N(C2CC2)C2CCN(C(=O)c3c(C)n[nH]c3C)CC2)ncn1. The van der Waals surface area contributed by atoms with Gasteiger partial charge in [0.25, 0.3) is 5.91 Å². The van der Waals surface area contributed by atoms with Crippen molar-refractivity contribution in [1.82, 2.24) is 25.1 Å². The lowest BCUT2D eigenvalue weighted by Crippen LogP contribution is -2.48. The second-order valence-electron chi connectivity index (χ2n) is 7.39. The van der Waals surface area contributed by atoms with Gasteiger partial charge in [0.2, 0.25) is 5.88 Å². The van der Waals surface area contributed by atoms with E-state index in [4.69, 9.17) is 4.74 Å². The van der Waals surface area contributed by atoms with Crippen molar-refractivity contribution in [2.24, 2.45) is 0 Å². The Labute approximate surface area is 158 Å². The lowest BCUT2D eigenvalue weighted by atomic mass is 10.0. The molecule has 8 heteroatoms. The molecule has 4 rings (SSSR count). The van der Waals surface area contributed by atoms with Crippen molar-refractivity contribution in [2.75, 3.05) is 25.1 Å². The Morgan fingerprint density at radius 1 is 1.19 bits per heavy atom. The Morgan fingerprint density at radius 3 is 2.48 bits per heavy atom. The third-order valence-electron chi connectivity index (χ3n) is 5.53. The van der Waals surface area contributed by atoms with Crippen LogP contribution in [-0.4, -0.2) is 63.3 Å². The highest BCUT2D eigenvalue weighted by Crippen LogP contribution is 2.36. The van der Waals surface area contributed by atoms with Crippen LogP contribution in [0.4, 0.5) is 5.82 Å². The molecule has 0 spiro atoms. The summed E-state index contributed by atoms with van der Waals surface area (Å²) in [7, 11) is 1.62. The second-order valence-corrected chi connectivity index (χ2v) is 7.39. The second kappa shape index (κ2) is 7.17. The molecule has 2 aliphatic rings. The third kappa shape index (κ3) is 3.48. The number of hydrogen-bond acceptors (Lipinski definition) is 6. The molecule has 1 N–H and O–H groups in total. The molecule has 0 atom stereocenters. The van der Waals surface area contributed by atoms with Gasteiger partial charge in [-0.2, -0.15) is 5.10 Å². The molecule has 0 bridgehead atoms. The van der Waals surface area contributed by atoms with E-state index in [0.717, 1.165) is 43.1 Å². The molecule has 1 aliphatic carbocycles. The highest BCUT2D eigenvalue weighted by Gasteiger charge is 2.37. The molecule has 27 heavy (non-hydrogen) atoms. The van der Waals surface area contributed by atoms with Gasteiger partial charge in [-0.25, -0.2) is 9.97 Å². The number of hydrogen-bond donors (Lipinski definition) is 1. The van der Waals surface area contributed by atoms with Gasteiger partial charge in [0.1, 0.15) is 12.1 Å². The normalized spacial score (nSPS) is 17.8. The molecule has 2 aromatic heterocycles. The fraction of sp³-hybridized carbons (Fsp3) is 0.579. The smallest absolute Gasteiger partial charge is 0.257 e. The first-order valence-corrected chi connectivity index (χ1v) is 9.53. The molecule has 1 aliphatic heterocycles. The number of ether oxygens (including phenoxy) is 1. The number of piperidine rings is 1. The first kappa shape index (κ1) is 17.8. The van der Waals surface area contributed by atoms with Gasteiger partial charge in [0.15, 0.2) is 0 Å². The molecule has 3 heterocycles. The lowest BCUT2D eigenvalue weighted by Gasteiger charge is -2.39. The van der Waals surface area contributed by atoms with Crippen LogP contribution in [0.2, 0.25) is 0 Å². The first-order valence-electron chi connectivity index (χ1n) is 9.53. The van der Waals surface area contributed by atoms with Crippen LogP contribution >= 0.6 is 0 Å². The van der Waals surface area contributed by atoms with Crippen LogP contribution < -0.4 is 9.64 Å². The van der Waals surface area contributed by atoms with Gasteiger partial charge in [-0.1, -0.05) is 0 Å².